The molecule has 2 unspecified atom stereocenters. The lowest BCUT2D eigenvalue weighted by molar-refractivity contribution is -0.116. The van der Waals surface area contributed by atoms with Crippen LogP contribution in [0.15, 0.2) is 47.2 Å². The van der Waals surface area contributed by atoms with E-state index in [-0.39, 0.29) is 16.6 Å². The number of alkyl halides is 1. The molecule has 1 amide bonds. The van der Waals surface area contributed by atoms with Crippen LogP contribution in [0.25, 0.3) is 0 Å². The Bertz CT molecular complexity index is 694. The molecule has 1 saturated carbocycles. The number of rotatable bonds is 7. The molecule has 2 N–H and O–H groups in total. The van der Waals surface area contributed by atoms with Gasteiger partial charge in [-0.05, 0) is 45.1 Å². The van der Waals surface area contributed by atoms with Gasteiger partial charge in [-0.25, -0.2) is 13.3 Å². The van der Waals surface area contributed by atoms with Crippen LogP contribution in [0.2, 0.25) is 0 Å². The fourth-order valence-corrected chi connectivity index (χ4v) is 4.00. The fraction of sp³-hybridized carbons (Fsp3) is 0.550. The molecule has 0 aromatic rings. The number of amides is 1. The van der Waals surface area contributed by atoms with E-state index >= 15 is 0 Å². The Morgan fingerprint density at radius 1 is 1.46 bits per heavy atom. The second kappa shape index (κ2) is 8.91. The molecule has 0 aliphatic heterocycles. The highest BCUT2D eigenvalue weighted by Gasteiger charge is 2.41. The van der Waals surface area contributed by atoms with Gasteiger partial charge in [-0.1, -0.05) is 36.8 Å². The van der Waals surface area contributed by atoms with Crippen molar-refractivity contribution in [2.45, 2.75) is 58.4 Å². The third kappa shape index (κ3) is 5.24. The molecular weight excluding hydrogens is 351 g/mol. The molecule has 6 heteroatoms. The zero-order valence-corrected chi connectivity index (χ0v) is 16.8. The smallest absolute Gasteiger partial charge is 0.255 e. The van der Waals surface area contributed by atoms with E-state index in [1.54, 1.807) is 25.2 Å². The van der Waals surface area contributed by atoms with E-state index in [1.807, 2.05) is 26.0 Å². The van der Waals surface area contributed by atoms with E-state index in [1.165, 1.54) is 0 Å². The molecule has 0 spiro atoms. The summed E-state index contributed by atoms with van der Waals surface area (Å²) < 4.78 is 28.2. The van der Waals surface area contributed by atoms with Crippen molar-refractivity contribution < 1.29 is 13.4 Å². The molecule has 144 valence electrons. The Hall–Kier alpha value is -1.53. The predicted molar refractivity (Wildman–Crippen MR) is 105 cm³/mol. The maximum absolute atomic E-state index is 13.7. The second-order valence-electron chi connectivity index (χ2n) is 7.42. The van der Waals surface area contributed by atoms with E-state index in [2.05, 4.69) is 17.0 Å². The predicted octanol–water partition coefficient (Wildman–Crippen LogP) is 3.62. The normalized spacial score (nSPS) is 27.3. The van der Waals surface area contributed by atoms with Gasteiger partial charge >= 0.3 is 0 Å². The third-order valence-corrected chi connectivity index (χ3v) is 6.18. The highest BCUT2D eigenvalue weighted by atomic mass is 32.2. The van der Waals surface area contributed by atoms with E-state index < -0.39 is 17.2 Å². The Morgan fingerprint density at radius 3 is 2.85 bits per heavy atom. The van der Waals surface area contributed by atoms with Gasteiger partial charge in [0, 0.05) is 29.5 Å². The quantitative estimate of drug-likeness (QED) is 0.523. The molecule has 0 saturated heterocycles. The summed E-state index contributed by atoms with van der Waals surface area (Å²) in [5, 5.41) is 2.99. The maximum atomic E-state index is 13.7. The first kappa shape index (κ1) is 20.8. The maximum Gasteiger partial charge on any atom is 0.255 e. The van der Waals surface area contributed by atoms with Gasteiger partial charge < -0.3 is 5.32 Å². The van der Waals surface area contributed by atoms with E-state index in [0.29, 0.717) is 31.4 Å². The molecule has 3 atom stereocenters. The van der Waals surface area contributed by atoms with Gasteiger partial charge in [0.05, 0.1) is 11.0 Å². The molecule has 2 aliphatic carbocycles. The van der Waals surface area contributed by atoms with E-state index in [9.17, 15) is 13.4 Å². The molecule has 0 aromatic carbocycles. The summed E-state index contributed by atoms with van der Waals surface area (Å²) in [6.45, 7) is 8.06. The summed E-state index contributed by atoms with van der Waals surface area (Å²) in [6, 6.07) is 0. The minimum Gasteiger partial charge on any atom is -0.326 e. The van der Waals surface area contributed by atoms with Gasteiger partial charge in [0.15, 0.2) is 0 Å². The summed E-state index contributed by atoms with van der Waals surface area (Å²) in [4.78, 5) is 12.5. The first-order valence-corrected chi connectivity index (χ1v) is 10.3. The number of carbonyl (C=O) groups excluding carboxylic acids is 1. The van der Waals surface area contributed by atoms with Crippen LogP contribution < -0.4 is 10.0 Å². The monoisotopic (exact) mass is 380 g/mol. The average molecular weight is 381 g/mol. The average Bonchev–Trinajstić information content (AvgIpc) is 2.87. The van der Waals surface area contributed by atoms with Crippen molar-refractivity contribution in [3.63, 3.8) is 0 Å². The van der Waals surface area contributed by atoms with Crippen molar-refractivity contribution in [2.75, 3.05) is 6.54 Å². The van der Waals surface area contributed by atoms with Crippen LogP contribution in [0.4, 0.5) is 4.39 Å². The highest BCUT2D eigenvalue weighted by molar-refractivity contribution is 7.83. The molecule has 2 rings (SSSR count). The number of hydrogen-bond acceptors (Lipinski definition) is 2. The van der Waals surface area contributed by atoms with Crippen LogP contribution in [0.1, 0.15) is 47.0 Å². The van der Waals surface area contributed by atoms with Crippen LogP contribution in [-0.2, 0) is 15.8 Å². The Morgan fingerprint density at radius 2 is 2.19 bits per heavy atom. The van der Waals surface area contributed by atoms with Crippen LogP contribution in [0.5, 0.6) is 0 Å². The van der Waals surface area contributed by atoms with Crippen molar-refractivity contribution >= 4 is 16.9 Å². The van der Waals surface area contributed by atoms with Gasteiger partial charge in [0.25, 0.3) is 5.91 Å². The van der Waals surface area contributed by atoms with Gasteiger partial charge in [0.2, 0.25) is 0 Å². The number of allylic oxidation sites excluding steroid dienone is 5. The molecule has 0 bridgehead atoms. The molecule has 4 nitrogen and oxygen atoms in total. The van der Waals surface area contributed by atoms with E-state index in [0.717, 1.165) is 11.3 Å². The Labute approximate surface area is 158 Å². The van der Waals surface area contributed by atoms with E-state index in [4.69, 9.17) is 0 Å². The van der Waals surface area contributed by atoms with Crippen LogP contribution in [-0.4, -0.2) is 28.1 Å². The molecule has 2 aliphatic rings. The highest BCUT2D eigenvalue weighted by Crippen LogP contribution is 2.49. The molecule has 26 heavy (non-hydrogen) atoms. The van der Waals surface area contributed by atoms with Gasteiger partial charge in [0.1, 0.15) is 6.17 Å². The Balaban J connectivity index is 1.91. The minimum absolute atomic E-state index is 0.0462. The van der Waals surface area contributed by atoms with Crippen LogP contribution in [0, 0.1) is 5.41 Å². The lowest BCUT2D eigenvalue weighted by Crippen LogP contribution is -2.29. The molecule has 0 aromatic heterocycles. The minimum atomic E-state index is -1.08. The van der Waals surface area contributed by atoms with Crippen molar-refractivity contribution in [3.8, 4) is 0 Å². The summed E-state index contributed by atoms with van der Waals surface area (Å²) in [6.07, 6.45) is 9.97. The first-order chi connectivity index (χ1) is 12.2. The first-order valence-electron chi connectivity index (χ1n) is 9.07. The van der Waals surface area contributed by atoms with Gasteiger partial charge in [-0.15, -0.1) is 0 Å². The summed E-state index contributed by atoms with van der Waals surface area (Å²) in [5.41, 5.74) is 2.31. The summed E-state index contributed by atoms with van der Waals surface area (Å²) in [7, 11) is -1.08. The number of nitrogens with one attached hydrogen (secondary N) is 2. The van der Waals surface area contributed by atoms with Crippen molar-refractivity contribution in [2.24, 2.45) is 5.41 Å². The zero-order chi connectivity index (χ0) is 19.3. The third-order valence-electron chi connectivity index (χ3n) is 4.87. The van der Waals surface area contributed by atoms with Crippen molar-refractivity contribution in [3.05, 3.63) is 47.2 Å². The zero-order valence-electron chi connectivity index (χ0n) is 16.0. The molecule has 0 heterocycles. The largest absolute Gasteiger partial charge is 0.326 e. The molecule has 0 radical (unpaired) electrons. The standard InChI is InChI=1S/C20H29FN2O2S/c1-5-15(7-6-10-22-26(25)14(2)3)19(24)23-18-9-8-16-11-17(21)12-20(16,4)13-18/h5-9,14,17,22H,10-13H2,1-4H3,(H,23,24)/b7-6-,15-5+/t17?,20-,26?/m0/s1. The molecular formula is C20H29FN2O2S. The SMILES string of the molecule is C/C=C(\C=C/CNS(=O)C(C)C)C(=O)NC1=CC=C2CC(F)C[C@@]2(C)C1. The van der Waals surface area contributed by atoms with Crippen molar-refractivity contribution in [1.29, 1.82) is 0 Å². The van der Waals surface area contributed by atoms with Crippen molar-refractivity contribution in [1.82, 2.24) is 10.0 Å². The molecule has 1 fully saturated rings. The fourth-order valence-electron chi connectivity index (χ4n) is 3.40. The Kier molecular flexibility index (Phi) is 7.12. The summed E-state index contributed by atoms with van der Waals surface area (Å²) in [5.74, 6) is -0.185. The second-order valence-corrected chi connectivity index (χ2v) is 9.25. The van der Waals surface area contributed by atoms with Gasteiger partial charge in [-0.3, -0.25) is 4.79 Å². The van der Waals surface area contributed by atoms with Crippen LogP contribution in [0.3, 0.4) is 0 Å². The number of carbonyl (C=O) groups is 1. The number of halogens is 1. The van der Waals surface area contributed by atoms with Crippen LogP contribution >= 0.6 is 0 Å². The lowest BCUT2D eigenvalue weighted by atomic mass is 9.77. The summed E-state index contributed by atoms with van der Waals surface area (Å²) >= 11 is 0. The van der Waals surface area contributed by atoms with Gasteiger partial charge in [-0.2, -0.15) is 0 Å². The topological polar surface area (TPSA) is 58.2 Å². The number of fused-ring (bicyclic) bond motifs is 1. The lowest BCUT2D eigenvalue weighted by Gasteiger charge is -2.30. The number of hydrogen-bond donors (Lipinski definition) is 2.